The molecule has 0 radical (unpaired) electrons. The molecule has 1 heterocycles. The first-order valence-corrected chi connectivity index (χ1v) is 9.45. The molecule has 2 rings (SSSR count). The van der Waals surface area contributed by atoms with Crippen LogP contribution in [0.1, 0.15) is 31.7 Å². The fraction of sp³-hybridized carbons (Fsp3) is 0.562. The van der Waals surface area contributed by atoms with E-state index in [1.165, 1.54) is 28.6 Å². The SMILES string of the molecule is CCCC[C@H]1C(=O)N(C)CCN1S(=O)(=O)Cc1ccc(F)cc1. The van der Waals surface area contributed by atoms with Crippen molar-refractivity contribution in [3.05, 3.63) is 35.6 Å². The first kappa shape index (κ1) is 17.9. The monoisotopic (exact) mass is 342 g/mol. The normalized spacial score (nSPS) is 20.0. The number of carbonyl (C=O) groups excluding carboxylic acids is 1. The zero-order chi connectivity index (χ0) is 17.0. The largest absolute Gasteiger partial charge is 0.343 e. The Morgan fingerprint density at radius 1 is 1.22 bits per heavy atom. The van der Waals surface area contributed by atoms with E-state index in [1.54, 1.807) is 11.9 Å². The quantitative estimate of drug-likeness (QED) is 0.794. The minimum atomic E-state index is -3.62. The zero-order valence-electron chi connectivity index (χ0n) is 13.5. The van der Waals surface area contributed by atoms with E-state index in [1.807, 2.05) is 6.92 Å². The van der Waals surface area contributed by atoms with Gasteiger partial charge in [0.1, 0.15) is 11.9 Å². The maximum Gasteiger partial charge on any atom is 0.240 e. The van der Waals surface area contributed by atoms with Gasteiger partial charge in [0.05, 0.1) is 5.75 Å². The molecule has 1 amide bonds. The molecule has 1 aliphatic heterocycles. The number of hydrogen-bond acceptors (Lipinski definition) is 3. The third kappa shape index (κ3) is 4.29. The number of halogens is 1. The summed E-state index contributed by atoms with van der Waals surface area (Å²) in [7, 11) is -1.92. The summed E-state index contributed by atoms with van der Waals surface area (Å²) in [6.45, 7) is 2.71. The van der Waals surface area contributed by atoms with E-state index in [0.29, 0.717) is 25.1 Å². The number of hydrogen-bond donors (Lipinski definition) is 0. The Morgan fingerprint density at radius 3 is 2.48 bits per heavy atom. The summed E-state index contributed by atoms with van der Waals surface area (Å²) < 4.78 is 39.7. The third-order valence-corrected chi connectivity index (χ3v) is 5.97. The van der Waals surface area contributed by atoms with Gasteiger partial charge in [-0.05, 0) is 24.1 Å². The molecule has 1 aromatic rings. The van der Waals surface area contributed by atoms with Gasteiger partial charge in [-0.3, -0.25) is 4.79 Å². The number of likely N-dealkylation sites (N-methyl/N-ethyl adjacent to an activating group) is 1. The molecule has 0 unspecified atom stereocenters. The van der Waals surface area contributed by atoms with Crippen molar-refractivity contribution in [2.45, 2.75) is 38.0 Å². The van der Waals surface area contributed by atoms with E-state index >= 15 is 0 Å². The molecule has 1 aliphatic rings. The predicted octanol–water partition coefficient (Wildman–Crippen LogP) is 1.99. The number of sulfonamides is 1. The van der Waals surface area contributed by atoms with E-state index in [4.69, 9.17) is 0 Å². The number of unbranched alkanes of at least 4 members (excludes halogenated alkanes) is 1. The summed E-state index contributed by atoms with van der Waals surface area (Å²) in [6, 6.07) is 4.79. The van der Waals surface area contributed by atoms with Gasteiger partial charge in [0.2, 0.25) is 15.9 Å². The standard InChI is InChI=1S/C16H23FN2O3S/c1-3-4-5-15-16(20)18(2)10-11-19(15)23(21,22)12-13-6-8-14(17)9-7-13/h6-9,15H,3-5,10-12H2,1-2H3/t15-/m0/s1. The molecule has 23 heavy (non-hydrogen) atoms. The summed E-state index contributed by atoms with van der Waals surface area (Å²) in [6.07, 6.45) is 2.23. The lowest BCUT2D eigenvalue weighted by atomic mass is 10.1. The van der Waals surface area contributed by atoms with Crippen LogP contribution in [0.5, 0.6) is 0 Å². The van der Waals surface area contributed by atoms with Gasteiger partial charge in [-0.2, -0.15) is 4.31 Å². The third-order valence-electron chi connectivity index (χ3n) is 4.12. The van der Waals surface area contributed by atoms with Crippen molar-refractivity contribution in [1.82, 2.24) is 9.21 Å². The molecule has 1 fully saturated rings. The minimum Gasteiger partial charge on any atom is -0.343 e. The summed E-state index contributed by atoms with van der Waals surface area (Å²) >= 11 is 0. The maximum absolute atomic E-state index is 13.0. The maximum atomic E-state index is 13.0. The lowest BCUT2D eigenvalue weighted by molar-refractivity contribution is -0.137. The van der Waals surface area contributed by atoms with Gasteiger partial charge in [0, 0.05) is 20.1 Å². The van der Waals surface area contributed by atoms with Crippen LogP contribution < -0.4 is 0 Å². The lowest BCUT2D eigenvalue weighted by Crippen LogP contribution is -2.57. The van der Waals surface area contributed by atoms with Crippen molar-refractivity contribution in [2.75, 3.05) is 20.1 Å². The topological polar surface area (TPSA) is 57.7 Å². The van der Waals surface area contributed by atoms with Gasteiger partial charge in [-0.15, -0.1) is 0 Å². The second-order valence-electron chi connectivity index (χ2n) is 5.91. The Labute approximate surface area is 137 Å². The van der Waals surface area contributed by atoms with Gasteiger partial charge >= 0.3 is 0 Å². The lowest BCUT2D eigenvalue weighted by Gasteiger charge is -2.38. The Balaban J connectivity index is 2.20. The summed E-state index contributed by atoms with van der Waals surface area (Å²) in [4.78, 5) is 13.9. The first-order valence-electron chi connectivity index (χ1n) is 7.84. The molecule has 128 valence electrons. The van der Waals surface area contributed by atoms with E-state index in [2.05, 4.69) is 0 Å². The Kier molecular flexibility index (Phi) is 5.75. The Bertz CT molecular complexity index is 646. The first-order chi connectivity index (χ1) is 10.8. The van der Waals surface area contributed by atoms with Crippen LogP contribution in [0, 0.1) is 5.82 Å². The molecule has 0 spiro atoms. The van der Waals surface area contributed by atoms with Crippen LogP contribution in [0.3, 0.4) is 0 Å². The van der Waals surface area contributed by atoms with Crippen LogP contribution in [0.4, 0.5) is 4.39 Å². The molecule has 0 aliphatic carbocycles. The van der Waals surface area contributed by atoms with Gasteiger partial charge in [0.15, 0.2) is 0 Å². The number of nitrogens with zero attached hydrogens (tertiary/aromatic N) is 2. The van der Waals surface area contributed by atoms with Gasteiger partial charge in [-0.25, -0.2) is 12.8 Å². The second-order valence-corrected chi connectivity index (χ2v) is 7.83. The second kappa shape index (κ2) is 7.40. The fourth-order valence-electron chi connectivity index (χ4n) is 2.76. The summed E-state index contributed by atoms with van der Waals surface area (Å²) in [5.41, 5.74) is 0.520. The Hall–Kier alpha value is -1.47. The molecule has 0 bridgehead atoms. The number of amides is 1. The van der Waals surface area contributed by atoms with E-state index in [0.717, 1.165) is 12.8 Å². The van der Waals surface area contributed by atoms with Crippen LogP contribution in [0.15, 0.2) is 24.3 Å². The molecule has 0 aromatic heterocycles. The van der Waals surface area contributed by atoms with E-state index in [9.17, 15) is 17.6 Å². The van der Waals surface area contributed by atoms with Crippen molar-refractivity contribution in [3.8, 4) is 0 Å². The van der Waals surface area contributed by atoms with Gasteiger partial charge < -0.3 is 4.90 Å². The zero-order valence-corrected chi connectivity index (χ0v) is 14.4. The molecule has 5 nitrogen and oxygen atoms in total. The van der Waals surface area contributed by atoms with Gasteiger partial charge in [-0.1, -0.05) is 31.9 Å². The van der Waals surface area contributed by atoms with E-state index in [-0.39, 0.29) is 11.7 Å². The Morgan fingerprint density at radius 2 is 1.87 bits per heavy atom. The highest BCUT2D eigenvalue weighted by Crippen LogP contribution is 2.22. The molecule has 1 aromatic carbocycles. The average molecular weight is 342 g/mol. The molecule has 0 N–H and O–H groups in total. The van der Waals surface area contributed by atoms with Crippen LogP contribution in [-0.4, -0.2) is 49.7 Å². The molecule has 7 heteroatoms. The highest BCUT2D eigenvalue weighted by atomic mass is 32.2. The molecule has 0 saturated carbocycles. The highest BCUT2D eigenvalue weighted by Gasteiger charge is 2.39. The van der Waals surface area contributed by atoms with Crippen molar-refractivity contribution in [3.63, 3.8) is 0 Å². The molecular weight excluding hydrogens is 319 g/mol. The molecule has 1 saturated heterocycles. The summed E-state index contributed by atoms with van der Waals surface area (Å²) in [5, 5.41) is 0. The number of carbonyl (C=O) groups is 1. The van der Waals surface area contributed by atoms with Crippen molar-refractivity contribution < 1.29 is 17.6 Å². The van der Waals surface area contributed by atoms with Crippen molar-refractivity contribution >= 4 is 15.9 Å². The van der Waals surface area contributed by atoms with Crippen LogP contribution in [-0.2, 0) is 20.6 Å². The smallest absolute Gasteiger partial charge is 0.240 e. The number of piperazine rings is 1. The number of rotatable bonds is 6. The van der Waals surface area contributed by atoms with E-state index < -0.39 is 21.9 Å². The average Bonchev–Trinajstić information content (AvgIpc) is 2.50. The van der Waals surface area contributed by atoms with Crippen molar-refractivity contribution in [1.29, 1.82) is 0 Å². The van der Waals surface area contributed by atoms with Gasteiger partial charge in [0.25, 0.3) is 0 Å². The van der Waals surface area contributed by atoms with Crippen LogP contribution >= 0.6 is 0 Å². The summed E-state index contributed by atoms with van der Waals surface area (Å²) in [5.74, 6) is -0.762. The molecule has 1 atom stereocenters. The minimum absolute atomic E-state index is 0.146. The van der Waals surface area contributed by atoms with Crippen LogP contribution in [0.2, 0.25) is 0 Å². The molecular formula is C16H23FN2O3S. The van der Waals surface area contributed by atoms with Crippen molar-refractivity contribution in [2.24, 2.45) is 0 Å². The van der Waals surface area contributed by atoms with Crippen LogP contribution in [0.25, 0.3) is 0 Å². The predicted molar refractivity (Wildman–Crippen MR) is 86.7 cm³/mol. The number of benzene rings is 1. The highest BCUT2D eigenvalue weighted by molar-refractivity contribution is 7.88. The fourth-order valence-corrected chi connectivity index (χ4v) is 4.49.